The number of hydrogen-bond acceptors (Lipinski definition) is 4. The minimum atomic E-state index is 0.479. The zero-order valence-corrected chi connectivity index (χ0v) is 11.6. The van der Waals surface area contributed by atoms with Crippen molar-refractivity contribution < 1.29 is 4.74 Å². The van der Waals surface area contributed by atoms with Crippen molar-refractivity contribution in [2.45, 2.75) is 33.7 Å². The number of pyridine rings is 2. The molecule has 0 amide bonds. The van der Waals surface area contributed by atoms with Gasteiger partial charge >= 0.3 is 0 Å². The maximum Gasteiger partial charge on any atom is 0.219 e. The van der Waals surface area contributed by atoms with E-state index in [4.69, 9.17) is 10.5 Å². The zero-order chi connectivity index (χ0) is 13.8. The normalized spacial score (nSPS) is 10.5. The van der Waals surface area contributed by atoms with Gasteiger partial charge in [0.15, 0.2) is 5.75 Å². The lowest BCUT2D eigenvalue weighted by Gasteiger charge is -2.10. The minimum Gasteiger partial charge on any atom is -0.437 e. The highest BCUT2D eigenvalue weighted by atomic mass is 16.5. The van der Waals surface area contributed by atoms with Gasteiger partial charge in [-0.05, 0) is 44.0 Å². The first kappa shape index (κ1) is 13.5. The molecule has 0 saturated heterocycles. The first-order valence-electron chi connectivity index (χ1n) is 6.44. The van der Waals surface area contributed by atoms with Gasteiger partial charge in [0.25, 0.3) is 0 Å². The second-order valence-electron chi connectivity index (χ2n) is 4.51. The van der Waals surface area contributed by atoms with Crippen LogP contribution in [0.4, 0.5) is 0 Å². The standard InChI is InChI=1S/C15H19N3O/c1-4-13-14(6-5-10(2)17-13)19-15-8-12(9-16)7-11(3)18-15/h5-8H,4,9,16H2,1-3H3. The molecule has 0 fully saturated rings. The third-order valence-electron chi connectivity index (χ3n) is 2.85. The molecule has 4 heteroatoms. The van der Waals surface area contributed by atoms with Crippen molar-refractivity contribution in [1.29, 1.82) is 0 Å². The Morgan fingerprint density at radius 2 is 1.89 bits per heavy atom. The Morgan fingerprint density at radius 1 is 1.11 bits per heavy atom. The zero-order valence-electron chi connectivity index (χ0n) is 11.6. The third-order valence-corrected chi connectivity index (χ3v) is 2.85. The molecule has 0 aliphatic heterocycles. The fraction of sp³-hybridized carbons (Fsp3) is 0.333. The molecule has 0 atom stereocenters. The summed E-state index contributed by atoms with van der Waals surface area (Å²) in [6.07, 6.45) is 0.826. The van der Waals surface area contributed by atoms with Crippen molar-refractivity contribution in [2.75, 3.05) is 0 Å². The lowest BCUT2D eigenvalue weighted by molar-refractivity contribution is 0.452. The van der Waals surface area contributed by atoms with Gasteiger partial charge in [0, 0.05) is 24.0 Å². The van der Waals surface area contributed by atoms with E-state index in [-0.39, 0.29) is 0 Å². The van der Waals surface area contributed by atoms with Gasteiger partial charge in [-0.1, -0.05) is 6.92 Å². The molecule has 2 aromatic heterocycles. The molecule has 2 rings (SSSR count). The van der Waals surface area contributed by atoms with E-state index in [0.717, 1.165) is 34.8 Å². The highest BCUT2D eigenvalue weighted by Gasteiger charge is 2.07. The predicted molar refractivity (Wildman–Crippen MR) is 75.3 cm³/mol. The summed E-state index contributed by atoms with van der Waals surface area (Å²) in [4.78, 5) is 8.84. The Balaban J connectivity index is 2.33. The Bertz CT molecular complexity index is 582. The quantitative estimate of drug-likeness (QED) is 0.914. The molecule has 0 radical (unpaired) electrons. The second kappa shape index (κ2) is 5.80. The number of nitrogens with zero attached hydrogens (tertiary/aromatic N) is 2. The number of aryl methyl sites for hydroxylation is 3. The Hall–Kier alpha value is -1.94. The number of rotatable bonds is 4. The first-order valence-corrected chi connectivity index (χ1v) is 6.44. The third kappa shape index (κ3) is 3.29. The summed E-state index contributed by atoms with van der Waals surface area (Å²) in [5, 5.41) is 0. The Labute approximate surface area is 113 Å². The monoisotopic (exact) mass is 257 g/mol. The van der Waals surface area contributed by atoms with Gasteiger partial charge in [-0.2, -0.15) is 0 Å². The van der Waals surface area contributed by atoms with Gasteiger partial charge in [-0.25, -0.2) is 4.98 Å². The van der Waals surface area contributed by atoms with E-state index in [0.29, 0.717) is 12.4 Å². The van der Waals surface area contributed by atoms with Crippen molar-refractivity contribution in [2.24, 2.45) is 5.73 Å². The summed E-state index contributed by atoms with van der Waals surface area (Å²) >= 11 is 0. The summed E-state index contributed by atoms with van der Waals surface area (Å²) < 4.78 is 5.85. The van der Waals surface area contributed by atoms with Crippen molar-refractivity contribution >= 4 is 0 Å². The van der Waals surface area contributed by atoms with Gasteiger partial charge in [-0.15, -0.1) is 0 Å². The number of aromatic nitrogens is 2. The second-order valence-corrected chi connectivity index (χ2v) is 4.51. The van der Waals surface area contributed by atoms with Gasteiger partial charge in [0.2, 0.25) is 5.88 Å². The summed E-state index contributed by atoms with van der Waals surface area (Å²) in [5.74, 6) is 1.33. The van der Waals surface area contributed by atoms with E-state index < -0.39 is 0 Å². The number of hydrogen-bond donors (Lipinski definition) is 1. The van der Waals surface area contributed by atoms with E-state index in [1.54, 1.807) is 0 Å². The van der Waals surface area contributed by atoms with Crippen LogP contribution in [-0.4, -0.2) is 9.97 Å². The summed E-state index contributed by atoms with van der Waals surface area (Å²) in [6, 6.07) is 7.70. The van der Waals surface area contributed by atoms with Crippen LogP contribution < -0.4 is 10.5 Å². The van der Waals surface area contributed by atoms with Crippen LogP contribution in [0.1, 0.15) is 29.6 Å². The molecule has 2 aromatic rings. The number of ether oxygens (including phenoxy) is 1. The van der Waals surface area contributed by atoms with E-state index in [1.165, 1.54) is 0 Å². The fourth-order valence-corrected chi connectivity index (χ4v) is 1.93. The van der Waals surface area contributed by atoms with Crippen LogP contribution in [0.5, 0.6) is 11.6 Å². The predicted octanol–water partition coefficient (Wildman–Crippen LogP) is 2.91. The minimum absolute atomic E-state index is 0.479. The first-order chi connectivity index (χ1) is 9.12. The van der Waals surface area contributed by atoms with Crippen LogP contribution in [0, 0.1) is 13.8 Å². The van der Waals surface area contributed by atoms with Crippen molar-refractivity contribution in [3.8, 4) is 11.6 Å². The van der Waals surface area contributed by atoms with Crippen molar-refractivity contribution in [3.05, 3.63) is 46.9 Å². The largest absolute Gasteiger partial charge is 0.437 e. The lowest BCUT2D eigenvalue weighted by atomic mass is 10.2. The molecule has 0 saturated carbocycles. The molecule has 4 nitrogen and oxygen atoms in total. The van der Waals surface area contributed by atoms with Crippen LogP contribution in [-0.2, 0) is 13.0 Å². The average molecular weight is 257 g/mol. The molecule has 0 bridgehead atoms. The molecular formula is C15H19N3O. The summed E-state index contributed by atoms with van der Waals surface area (Å²) in [5.41, 5.74) is 9.51. The highest BCUT2D eigenvalue weighted by molar-refractivity contribution is 5.34. The van der Waals surface area contributed by atoms with E-state index >= 15 is 0 Å². The van der Waals surface area contributed by atoms with Crippen LogP contribution in [0.15, 0.2) is 24.3 Å². The molecular weight excluding hydrogens is 238 g/mol. The van der Waals surface area contributed by atoms with Crippen LogP contribution >= 0.6 is 0 Å². The SMILES string of the molecule is CCc1nc(C)ccc1Oc1cc(CN)cc(C)n1. The molecule has 2 N–H and O–H groups in total. The molecule has 0 aromatic carbocycles. The number of nitrogens with two attached hydrogens (primary N) is 1. The maximum absolute atomic E-state index is 5.85. The van der Waals surface area contributed by atoms with Crippen molar-refractivity contribution in [3.63, 3.8) is 0 Å². The molecule has 19 heavy (non-hydrogen) atoms. The van der Waals surface area contributed by atoms with Crippen LogP contribution in [0.2, 0.25) is 0 Å². The van der Waals surface area contributed by atoms with Gasteiger partial charge < -0.3 is 10.5 Å². The molecule has 0 unspecified atom stereocenters. The van der Waals surface area contributed by atoms with E-state index in [9.17, 15) is 0 Å². The van der Waals surface area contributed by atoms with Crippen LogP contribution in [0.3, 0.4) is 0 Å². The average Bonchev–Trinajstić information content (AvgIpc) is 2.40. The molecule has 0 aliphatic rings. The molecule has 0 spiro atoms. The molecule has 100 valence electrons. The highest BCUT2D eigenvalue weighted by Crippen LogP contribution is 2.24. The molecule has 2 heterocycles. The van der Waals surface area contributed by atoms with E-state index in [1.807, 2.05) is 38.1 Å². The van der Waals surface area contributed by atoms with Crippen molar-refractivity contribution in [1.82, 2.24) is 9.97 Å². The van der Waals surface area contributed by atoms with E-state index in [2.05, 4.69) is 16.9 Å². The Morgan fingerprint density at radius 3 is 2.58 bits per heavy atom. The maximum atomic E-state index is 5.85. The summed E-state index contributed by atoms with van der Waals surface area (Å²) in [7, 11) is 0. The Kier molecular flexibility index (Phi) is 4.12. The van der Waals surface area contributed by atoms with Gasteiger partial charge in [0.05, 0.1) is 5.69 Å². The van der Waals surface area contributed by atoms with Gasteiger partial charge in [0.1, 0.15) is 0 Å². The lowest BCUT2D eigenvalue weighted by Crippen LogP contribution is -2.01. The molecule has 0 aliphatic carbocycles. The van der Waals surface area contributed by atoms with Crippen LogP contribution in [0.25, 0.3) is 0 Å². The van der Waals surface area contributed by atoms with Gasteiger partial charge in [-0.3, -0.25) is 4.98 Å². The summed E-state index contributed by atoms with van der Waals surface area (Å²) in [6.45, 7) is 6.44. The topological polar surface area (TPSA) is 61.0 Å². The smallest absolute Gasteiger partial charge is 0.219 e. The fourth-order valence-electron chi connectivity index (χ4n) is 1.93.